The maximum absolute atomic E-state index is 12.7. The van der Waals surface area contributed by atoms with Crippen LogP contribution >= 0.6 is 11.3 Å². The molecule has 8 heteroatoms. The second-order valence-electron chi connectivity index (χ2n) is 7.01. The van der Waals surface area contributed by atoms with Crippen molar-refractivity contribution in [1.82, 2.24) is 24.8 Å². The Morgan fingerprint density at radius 3 is 2.68 bits per heavy atom. The lowest BCUT2D eigenvalue weighted by atomic mass is 9.97. The number of hydrogen-bond donors (Lipinski definition) is 1. The number of amides is 1. The molecule has 7 nitrogen and oxygen atoms in total. The zero-order chi connectivity index (χ0) is 19.7. The van der Waals surface area contributed by atoms with Crippen molar-refractivity contribution in [2.75, 3.05) is 13.1 Å². The van der Waals surface area contributed by atoms with Crippen LogP contribution in [0.2, 0.25) is 0 Å². The van der Waals surface area contributed by atoms with Crippen LogP contribution in [0.15, 0.2) is 35.5 Å². The van der Waals surface area contributed by atoms with Gasteiger partial charge in [0, 0.05) is 30.9 Å². The number of aromatic nitrogens is 4. The van der Waals surface area contributed by atoms with Crippen LogP contribution in [-0.2, 0) is 0 Å². The van der Waals surface area contributed by atoms with Gasteiger partial charge in [-0.2, -0.15) is 0 Å². The van der Waals surface area contributed by atoms with Gasteiger partial charge in [0.25, 0.3) is 11.5 Å². The van der Waals surface area contributed by atoms with Gasteiger partial charge in [0.15, 0.2) is 0 Å². The van der Waals surface area contributed by atoms with Crippen LogP contribution in [-0.4, -0.2) is 43.8 Å². The highest BCUT2D eigenvalue weighted by atomic mass is 32.1. The van der Waals surface area contributed by atoms with Crippen molar-refractivity contribution in [1.29, 1.82) is 0 Å². The van der Waals surface area contributed by atoms with Crippen LogP contribution < -0.4 is 5.56 Å². The van der Waals surface area contributed by atoms with Crippen LogP contribution in [0, 0.1) is 13.8 Å². The molecule has 0 atom stereocenters. The van der Waals surface area contributed by atoms with E-state index in [-0.39, 0.29) is 17.0 Å². The molecule has 28 heavy (non-hydrogen) atoms. The molecule has 4 heterocycles. The molecule has 0 saturated carbocycles. The zero-order valence-corrected chi connectivity index (χ0v) is 16.6. The highest BCUT2D eigenvalue weighted by Gasteiger charge is 2.28. The maximum Gasteiger partial charge on any atom is 0.260 e. The predicted octanol–water partition coefficient (Wildman–Crippen LogP) is 2.93. The number of pyridine rings is 1. The van der Waals surface area contributed by atoms with Gasteiger partial charge >= 0.3 is 0 Å². The van der Waals surface area contributed by atoms with E-state index in [0.717, 1.165) is 39.8 Å². The topological polar surface area (TPSA) is 91.8 Å². The van der Waals surface area contributed by atoms with Gasteiger partial charge in [0.2, 0.25) is 0 Å². The number of rotatable bonds is 3. The first-order chi connectivity index (χ1) is 13.5. The number of aromatic amines is 1. The lowest BCUT2D eigenvalue weighted by Crippen LogP contribution is -2.40. The third-order valence-corrected chi connectivity index (χ3v) is 6.39. The van der Waals surface area contributed by atoms with E-state index in [4.69, 9.17) is 4.98 Å². The summed E-state index contributed by atoms with van der Waals surface area (Å²) in [5.74, 6) is 0.122. The smallest absolute Gasteiger partial charge is 0.260 e. The zero-order valence-electron chi connectivity index (χ0n) is 15.8. The number of H-pyrrole nitrogens is 1. The number of aryl methyl sites for hydroxylation is 2. The molecule has 1 aliphatic heterocycles. The molecule has 144 valence electrons. The van der Waals surface area contributed by atoms with Crippen LogP contribution in [0.25, 0.3) is 10.6 Å². The summed E-state index contributed by atoms with van der Waals surface area (Å²) in [6.45, 7) is 5.04. The van der Waals surface area contributed by atoms with Gasteiger partial charge in [-0.05, 0) is 44.9 Å². The van der Waals surface area contributed by atoms with E-state index in [1.807, 2.05) is 13.0 Å². The first-order valence-electron chi connectivity index (χ1n) is 9.26. The van der Waals surface area contributed by atoms with Gasteiger partial charge in [-0.3, -0.25) is 9.59 Å². The summed E-state index contributed by atoms with van der Waals surface area (Å²) >= 11 is 1.67. The van der Waals surface area contributed by atoms with E-state index in [0.29, 0.717) is 19.0 Å². The van der Waals surface area contributed by atoms with Crippen molar-refractivity contribution in [3.05, 3.63) is 63.0 Å². The van der Waals surface area contributed by atoms with Crippen LogP contribution in [0.1, 0.15) is 45.5 Å². The average Bonchev–Trinajstić information content (AvgIpc) is 3.10. The standard InChI is InChI=1S/C20H21N5O2S/c1-12-3-4-15(18(26)23-12)20(27)25-9-6-14(7-10-25)19-24-13(2)17(28-19)16-5-8-21-11-22-16/h3-5,8,11,14H,6-7,9-10H2,1-2H3,(H,23,26). The fourth-order valence-corrected chi connectivity index (χ4v) is 4.71. The normalized spacial score (nSPS) is 15.0. The highest BCUT2D eigenvalue weighted by Crippen LogP contribution is 2.36. The van der Waals surface area contributed by atoms with E-state index in [1.54, 1.807) is 47.8 Å². The van der Waals surface area contributed by atoms with Gasteiger partial charge < -0.3 is 9.88 Å². The first-order valence-corrected chi connectivity index (χ1v) is 10.1. The summed E-state index contributed by atoms with van der Waals surface area (Å²) in [6, 6.07) is 5.26. The molecule has 1 fully saturated rings. The van der Waals surface area contributed by atoms with Gasteiger partial charge in [-0.15, -0.1) is 11.3 Å². The second-order valence-corrected chi connectivity index (χ2v) is 8.04. The van der Waals surface area contributed by atoms with Gasteiger partial charge in [-0.1, -0.05) is 0 Å². The third-order valence-electron chi connectivity index (χ3n) is 5.04. The molecule has 0 radical (unpaired) electrons. The van der Waals surface area contributed by atoms with E-state index in [9.17, 15) is 9.59 Å². The SMILES string of the molecule is Cc1ccc(C(=O)N2CCC(c3nc(C)c(-c4ccncn4)s3)CC2)c(=O)[nH]1. The second kappa shape index (κ2) is 7.63. The van der Waals surface area contributed by atoms with E-state index < -0.39 is 0 Å². The summed E-state index contributed by atoms with van der Waals surface area (Å²) in [4.78, 5) is 43.4. The Bertz CT molecular complexity index is 1050. The van der Waals surface area contributed by atoms with Gasteiger partial charge in [-0.25, -0.2) is 15.0 Å². The van der Waals surface area contributed by atoms with Crippen LogP contribution in [0.3, 0.4) is 0 Å². The third kappa shape index (κ3) is 3.60. The molecule has 0 unspecified atom stereocenters. The summed E-state index contributed by atoms with van der Waals surface area (Å²) in [7, 11) is 0. The van der Waals surface area contributed by atoms with Gasteiger partial charge in [0.05, 0.1) is 21.3 Å². The molecule has 0 spiro atoms. The molecule has 1 amide bonds. The lowest BCUT2D eigenvalue weighted by molar-refractivity contribution is 0.0711. The molecule has 1 aliphatic rings. The Morgan fingerprint density at radius 2 is 2.00 bits per heavy atom. The van der Waals surface area contributed by atoms with Crippen molar-refractivity contribution < 1.29 is 4.79 Å². The molecule has 3 aromatic heterocycles. The molecular formula is C20H21N5O2S. The number of piperidine rings is 1. The summed E-state index contributed by atoms with van der Waals surface area (Å²) in [5, 5.41) is 1.09. The Labute approximate surface area is 166 Å². The largest absolute Gasteiger partial charge is 0.338 e. The average molecular weight is 395 g/mol. The fourth-order valence-electron chi connectivity index (χ4n) is 3.49. The van der Waals surface area contributed by atoms with E-state index >= 15 is 0 Å². The number of carbonyl (C=O) groups is 1. The molecule has 1 N–H and O–H groups in total. The van der Waals surface area contributed by atoms with Crippen molar-refractivity contribution in [3.63, 3.8) is 0 Å². The molecular weight excluding hydrogens is 374 g/mol. The molecule has 1 saturated heterocycles. The fraction of sp³-hybridized carbons (Fsp3) is 0.350. The Hall–Kier alpha value is -2.87. The lowest BCUT2D eigenvalue weighted by Gasteiger charge is -2.31. The van der Waals surface area contributed by atoms with Crippen molar-refractivity contribution in [2.24, 2.45) is 0 Å². The number of nitrogens with one attached hydrogen (secondary N) is 1. The number of nitrogens with zero attached hydrogens (tertiary/aromatic N) is 4. The predicted molar refractivity (Wildman–Crippen MR) is 108 cm³/mol. The number of likely N-dealkylation sites (tertiary alicyclic amines) is 1. The summed E-state index contributed by atoms with van der Waals surface area (Å²) in [5.41, 5.74) is 2.50. The van der Waals surface area contributed by atoms with E-state index in [2.05, 4.69) is 15.0 Å². The van der Waals surface area contributed by atoms with Crippen molar-refractivity contribution >= 4 is 17.2 Å². The Kier molecular flexibility index (Phi) is 5.04. The summed E-state index contributed by atoms with van der Waals surface area (Å²) < 4.78 is 0. The molecule has 3 aromatic rings. The highest BCUT2D eigenvalue weighted by molar-refractivity contribution is 7.15. The number of carbonyl (C=O) groups excluding carboxylic acids is 1. The first kappa shape index (κ1) is 18.5. The van der Waals surface area contributed by atoms with Crippen molar-refractivity contribution in [2.45, 2.75) is 32.6 Å². The van der Waals surface area contributed by atoms with Gasteiger partial charge in [0.1, 0.15) is 11.9 Å². The maximum atomic E-state index is 12.7. The molecule has 0 aliphatic carbocycles. The quantitative estimate of drug-likeness (QED) is 0.736. The minimum atomic E-state index is -0.322. The summed E-state index contributed by atoms with van der Waals surface area (Å²) in [6.07, 6.45) is 4.96. The molecule has 0 aromatic carbocycles. The monoisotopic (exact) mass is 395 g/mol. The van der Waals surface area contributed by atoms with Crippen molar-refractivity contribution in [3.8, 4) is 10.6 Å². The minimum absolute atomic E-state index is 0.198. The molecule has 4 rings (SSSR count). The minimum Gasteiger partial charge on any atom is -0.338 e. The molecule has 0 bridgehead atoms. The van der Waals surface area contributed by atoms with Crippen LogP contribution in [0.5, 0.6) is 0 Å². The van der Waals surface area contributed by atoms with Crippen LogP contribution in [0.4, 0.5) is 0 Å². The Morgan fingerprint density at radius 1 is 1.21 bits per heavy atom. The Balaban J connectivity index is 1.46. The van der Waals surface area contributed by atoms with E-state index in [1.165, 1.54) is 0 Å². The number of hydrogen-bond acceptors (Lipinski definition) is 6. The number of thiazole rings is 1.